The van der Waals surface area contributed by atoms with Crippen molar-refractivity contribution in [3.8, 4) is 17.1 Å². The standard InChI is InChI=1S/C23H19N5O4S/c1-14(21(30)26-22-17(18(24)29)12-13-33-22)32-23(31)19-25-20(15-8-4-2-5-9-15)28(27-19)16-10-6-3-7-11-16/h2-14H,1H3,(H2,24,29)(H,26,30). The number of carbonyl (C=O) groups is 3. The van der Waals surface area contributed by atoms with Gasteiger partial charge in [-0.1, -0.05) is 48.5 Å². The van der Waals surface area contributed by atoms with Gasteiger partial charge in [-0.15, -0.1) is 16.4 Å². The minimum atomic E-state index is -1.16. The van der Waals surface area contributed by atoms with E-state index in [2.05, 4.69) is 15.4 Å². The first-order valence-electron chi connectivity index (χ1n) is 9.91. The number of ether oxygens (including phenoxy) is 1. The van der Waals surface area contributed by atoms with Crippen LogP contribution in [0, 0.1) is 0 Å². The van der Waals surface area contributed by atoms with Crippen molar-refractivity contribution in [3.05, 3.63) is 83.5 Å². The molecule has 2 amide bonds. The van der Waals surface area contributed by atoms with Gasteiger partial charge < -0.3 is 15.8 Å². The number of benzene rings is 2. The van der Waals surface area contributed by atoms with Crippen LogP contribution in [0.15, 0.2) is 72.1 Å². The topological polar surface area (TPSA) is 129 Å². The summed E-state index contributed by atoms with van der Waals surface area (Å²) < 4.78 is 6.83. The zero-order valence-electron chi connectivity index (χ0n) is 17.5. The van der Waals surface area contributed by atoms with Crippen LogP contribution >= 0.6 is 11.3 Å². The van der Waals surface area contributed by atoms with Crippen molar-refractivity contribution >= 4 is 34.1 Å². The molecule has 0 spiro atoms. The van der Waals surface area contributed by atoms with Crippen LogP contribution in [0.1, 0.15) is 27.9 Å². The molecule has 4 aromatic rings. The Labute approximate surface area is 192 Å². The van der Waals surface area contributed by atoms with E-state index < -0.39 is 23.9 Å². The molecular weight excluding hydrogens is 442 g/mol. The molecule has 2 aromatic carbocycles. The molecule has 1 unspecified atom stereocenters. The number of aromatic nitrogens is 3. The van der Waals surface area contributed by atoms with Crippen LogP contribution < -0.4 is 11.1 Å². The van der Waals surface area contributed by atoms with Gasteiger partial charge >= 0.3 is 5.97 Å². The molecule has 0 fully saturated rings. The Hall–Kier alpha value is -4.31. The van der Waals surface area contributed by atoms with Gasteiger partial charge in [0, 0.05) is 5.56 Å². The molecule has 0 aliphatic carbocycles. The zero-order chi connectivity index (χ0) is 23.4. The molecule has 166 valence electrons. The largest absolute Gasteiger partial charge is 0.447 e. The van der Waals surface area contributed by atoms with Gasteiger partial charge in [0.05, 0.1) is 11.3 Å². The summed E-state index contributed by atoms with van der Waals surface area (Å²) in [5.41, 5.74) is 6.95. The summed E-state index contributed by atoms with van der Waals surface area (Å²) in [6.07, 6.45) is -1.16. The molecule has 0 radical (unpaired) electrons. The lowest BCUT2D eigenvalue weighted by Crippen LogP contribution is -2.30. The van der Waals surface area contributed by atoms with Crippen molar-refractivity contribution in [2.45, 2.75) is 13.0 Å². The Morgan fingerprint density at radius 2 is 1.70 bits per heavy atom. The molecule has 1 atom stereocenters. The van der Waals surface area contributed by atoms with Crippen molar-refractivity contribution < 1.29 is 19.1 Å². The highest BCUT2D eigenvalue weighted by molar-refractivity contribution is 7.14. The third-order valence-electron chi connectivity index (χ3n) is 4.64. The fraction of sp³-hybridized carbons (Fsp3) is 0.0870. The number of nitrogens with zero attached hydrogens (tertiary/aromatic N) is 3. The summed E-state index contributed by atoms with van der Waals surface area (Å²) in [6, 6.07) is 20.0. The van der Waals surface area contributed by atoms with E-state index in [1.807, 2.05) is 60.7 Å². The van der Waals surface area contributed by atoms with Crippen molar-refractivity contribution in [2.75, 3.05) is 5.32 Å². The van der Waals surface area contributed by atoms with Crippen LogP contribution in [0.2, 0.25) is 0 Å². The van der Waals surface area contributed by atoms with Crippen LogP contribution in [0.4, 0.5) is 5.00 Å². The molecular formula is C23H19N5O4S. The average Bonchev–Trinajstić information content (AvgIpc) is 3.48. The third-order valence-corrected chi connectivity index (χ3v) is 5.47. The number of anilines is 1. The van der Waals surface area contributed by atoms with E-state index in [9.17, 15) is 14.4 Å². The van der Waals surface area contributed by atoms with Crippen LogP contribution in [-0.2, 0) is 9.53 Å². The summed E-state index contributed by atoms with van der Waals surface area (Å²) >= 11 is 1.14. The second-order valence-electron chi connectivity index (χ2n) is 6.94. The van der Waals surface area contributed by atoms with E-state index in [4.69, 9.17) is 10.5 Å². The van der Waals surface area contributed by atoms with Crippen LogP contribution in [0.5, 0.6) is 0 Å². The molecule has 3 N–H and O–H groups in total. The number of primary amides is 1. The van der Waals surface area contributed by atoms with E-state index >= 15 is 0 Å². The number of amides is 2. The monoisotopic (exact) mass is 461 g/mol. The number of rotatable bonds is 7. The fourth-order valence-electron chi connectivity index (χ4n) is 3.00. The van der Waals surface area contributed by atoms with E-state index in [1.165, 1.54) is 13.0 Å². The molecule has 2 heterocycles. The van der Waals surface area contributed by atoms with Crippen molar-refractivity contribution in [1.82, 2.24) is 14.8 Å². The first-order valence-corrected chi connectivity index (χ1v) is 10.8. The summed E-state index contributed by atoms with van der Waals surface area (Å²) in [5.74, 6) is -1.87. The van der Waals surface area contributed by atoms with Gasteiger partial charge in [-0.25, -0.2) is 14.5 Å². The average molecular weight is 462 g/mol. The number of nitrogens with two attached hydrogens (primary N) is 1. The number of esters is 1. The predicted molar refractivity (Wildman–Crippen MR) is 123 cm³/mol. The molecule has 0 saturated heterocycles. The molecule has 0 aliphatic heterocycles. The molecule has 10 heteroatoms. The Morgan fingerprint density at radius 3 is 2.36 bits per heavy atom. The highest BCUT2D eigenvalue weighted by Gasteiger charge is 2.25. The van der Waals surface area contributed by atoms with Crippen LogP contribution in [0.25, 0.3) is 17.1 Å². The van der Waals surface area contributed by atoms with E-state index in [-0.39, 0.29) is 16.4 Å². The van der Waals surface area contributed by atoms with Crippen LogP contribution in [-0.4, -0.2) is 38.7 Å². The number of hydrogen-bond acceptors (Lipinski definition) is 7. The Balaban J connectivity index is 1.55. The third kappa shape index (κ3) is 4.80. The van der Waals surface area contributed by atoms with Gasteiger partial charge in [0.1, 0.15) is 5.00 Å². The zero-order valence-corrected chi connectivity index (χ0v) is 18.3. The summed E-state index contributed by atoms with van der Waals surface area (Å²) in [4.78, 5) is 41.0. The van der Waals surface area contributed by atoms with E-state index in [0.29, 0.717) is 11.5 Å². The molecule has 0 bridgehead atoms. The van der Waals surface area contributed by atoms with Crippen LogP contribution in [0.3, 0.4) is 0 Å². The molecule has 33 heavy (non-hydrogen) atoms. The van der Waals surface area contributed by atoms with Crippen molar-refractivity contribution in [3.63, 3.8) is 0 Å². The first kappa shape index (κ1) is 21.9. The maximum Gasteiger partial charge on any atom is 0.379 e. The van der Waals surface area contributed by atoms with Gasteiger partial charge in [0.15, 0.2) is 11.9 Å². The Morgan fingerprint density at radius 1 is 1.03 bits per heavy atom. The maximum absolute atomic E-state index is 12.8. The lowest BCUT2D eigenvalue weighted by Gasteiger charge is -2.12. The Kier molecular flexibility index (Phi) is 6.27. The fourth-order valence-corrected chi connectivity index (χ4v) is 3.80. The first-order chi connectivity index (χ1) is 15.9. The number of carbonyl (C=O) groups excluding carboxylic acids is 3. The second-order valence-corrected chi connectivity index (χ2v) is 7.85. The quantitative estimate of drug-likeness (QED) is 0.406. The van der Waals surface area contributed by atoms with Gasteiger partial charge in [-0.05, 0) is 30.5 Å². The lowest BCUT2D eigenvalue weighted by molar-refractivity contribution is -0.123. The van der Waals surface area contributed by atoms with Gasteiger partial charge in [0.25, 0.3) is 17.6 Å². The number of para-hydroxylation sites is 1. The Bertz CT molecular complexity index is 1240. The van der Waals surface area contributed by atoms with Gasteiger partial charge in [-0.2, -0.15) is 0 Å². The summed E-state index contributed by atoms with van der Waals surface area (Å²) in [6.45, 7) is 1.41. The molecule has 4 rings (SSSR count). The van der Waals surface area contributed by atoms with E-state index in [0.717, 1.165) is 16.9 Å². The summed E-state index contributed by atoms with van der Waals surface area (Å²) in [7, 11) is 0. The normalized spacial score (nSPS) is 11.5. The van der Waals surface area contributed by atoms with Gasteiger partial charge in [0.2, 0.25) is 0 Å². The van der Waals surface area contributed by atoms with Gasteiger partial charge in [-0.3, -0.25) is 9.59 Å². The van der Waals surface area contributed by atoms with E-state index in [1.54, 1.807) is 10.1 Å². The smallest absolute Gasteiger partial charge is 0.379 e. The summed E-state index contributed by atoms with van der Waals surface area (Å²) in [5, 5.41) is 8.78. The molecule has 0 saturated carbocycles. The van der Waals surface area contributed by atoms with Crippen molar-refractivity contribution in [1.29, 1.82) is 0 Å². The molecule has 2 aromatic heterocycles. The minimum Gasteiger partial charge on any atom is -0.447 e. The molecule has 9 nitrogen and oxygen atoms in total. The van der Waals surface area contributed by atoms with Crippen molar-refractivity contribution in [2.24, 2.45) is 5.73 Å². The highest BCUT2D eigenvalue weighted by atomic mass is 32.1. The number of thiophene rings is 1. The lowest BCUT2D eigenvalue weighted by atomic mass is 10.2. The highest BCUT2D eigenvalue weighted by Crippen LogP contribution is 2.24. The SMILES string of the molecule is CC(OC(=O)c1nc(-c2ccccc2)n(-c2ccccc2)n1)C(=O)Nc1sccc1C(N)=O. The number of nitrogens with one attached hydrogen (secondary N) is 1. The predicted octanol–water partition coefficient (Wildman–Crippen LogP) is 3.28. The minimum absolute atomic E-state index is 0.183. The second kappa shape index (κ2) is 9.45. The molecule has 0 aliphatic rings. The number of hydrogen-bond donors (Lipinski definition) is 2. The maximum atomic E-state index is 12.8.